The highest BCUT2D eigenvalue weighted by Gasteiger charge is 2.42. The summed E-state index contributed by atoms with van der Waals surface area (Å²) in [7, 11) is 0. The summed E-state index contributed by atoms with van der Waals surface area (Å²) in [5, 5.41) is 3.56. The van der Waals surface area contributed by atoms with Gasteiger partial charge in [-0.05, 0) is 25.2 Å². The molecular weight excluding hydrogens is 174 g/mol. The molecule has 1 N–H and O–H groups in total. The highest BCUT2D eigenvalue weighted by Crippen LogP contribution is 2.44. The summed E-state index contributed by atoms with van der Waals surface area (Å²) in [6, 6.07) is 0. The minimum atomic E-state index is 0.605. The summed E-state index contributed by atoms with van der Waals surface area (Å²) in [4.78, 5) is 0. The molecule has 82 valence electrons. The second-order valence-electron chi connectivity index (χ2n) is 4.91. The minimum absolute atomic E-state index is 0.605. The van der Waals surface area contributed by atoms with Gasteiger partial charge in [-0.3, -0.25) is 0 Å². The maximum Gasteiger partial charge on any atom is 0.0512 e. The van der Waals surface area contributed by atoms with E-state index in [2.05, 4.69) is 12.2 Å². The predicted molar refractivity (Wildman–Crippen MR) is 58.4 cm³/mol. The summed E-state index contributed by atoms with van der Waals surface area (Å²) >= 11 is 0. The Balaban J connectivity index is 1.93. The summed E-state index contributed by atoms with van der Waals surface area (Å²) in [6.45, 7) is 6.36. The second kappa shape index (κ2) is 4.63. The molecule has 1 saturated carbocycles. The summed E-state index contributed by atoms with van der Waals surface area (Å²) in [6.07, 6.45) is 7.17. The third-order valence-corrected chi connectivity index (χ3v) is 4.11. The number of hydrogen-bond acceptors (Lipinski definition) is 2. The lowest BCUT2D eigenvalue weighted by Gasteiger charge is -2.38. The van der Waals surface area contributed by atoms with E-state index in [-0.39, 0.29) is 0 Å². The van der Waals surface area contributed by atoms with E-state index < -0.39 is 0 Å². The van der Waals surface area contributed by atoms with E-state index in [0.29, 0.717) is 5.41 Å². The van der Waals surface area contributed by atoms with E-state index >= 15 is 0 Å². The van der Waals surface area contributed by atoms with E-state index in [1.807, 2.05) is 0 Å². The normalized spacial score (nSPS) is 31.1. The van der Waals surface area contributed by atoms with Crippen molar-refractivity contribution in [3.05, 3.63) is 0 Å². The zero-order valence-electron chi connectivity index (χ0n) is 9.35. The van der Waals surface area contributed by atoms with Gasteiger partial charge in [-0.1, -0.05) is 19.3 Å². The second-order valence-corrected chi connectivity index (χ2v) is 4.91. The topological polar surface area (TPSA) is 21.3 Å². The Morgan fingerprint density at radius 3 is 2.79 bits per heavy atom. The lowest BCUT2D eigenvalue weighted by molar-refractivity contribution is 0.0468. The molecule has 2 rings (SSSR count). The van der Waals surface area contributed by atoms with Gasteiger partial charge in [0.1, 0.15) is 0 Å². The van der Waals surface area contributed by atoms with Crippen molar-refractivity contribution in [3.8, 4) is 0 Å². The van der Waals surface area contributed by atoms with E-state index in [4.69, 9.17) is 4.74 Å². The van der Waals surface area contributed by atoms with Crippen molar-refractivity contribution in [2.24, 2.45) is 11.3 Å². The van der Waals surface area contributed by atoms with Gasteiger partial charge in [0.05, 0.1) is 6.61 Å². The molecule has 2 aliphatic rings. The van der Waals surface area contributed by atoms with Crippen molar-refractivity contribution in [1.82, 2.24) is 5.32 Å². The molecule has 1 saturated heterocycles. The van der Waals surface area contributed by atoms with Crippen LogP contribution in [0.4, 0.5) is 0 Å². The van der Waals surface area contributed by atoms with Crippen LogP contribution in [0.5, 0.6) is 0 Å². The van der Waals surface area contributed by atoms with Gasteiger partial charge in [0, 0.05) is 25.6 Å². The van der Waals surface area contributed by atoms with Crippen LogP contribution < -0.4 is 5.32 Å². The smallest absolute Gasteiger partial charge is 0.0512 e. The molecule has 0 amide bonds. The number of ether oxygens (including phenoxy) is 1. The summed E-state index contributed by atoms with van der Waals surface area (Å²) < 4.78 is 5.60. The third kappa shape index (κ3) is 1.96. The Morgan fingerprint density at radius 2 is 2.07 bits per heavy atom. The number of hydrogen-bond donors (Lipinski definition) is 1. The molecule has 0 bridgehead atoms. The quantitative estimate of drug-likeness (QED) is 0.749. The lowest BCUT2D eigenvalue weighted by Crippen LogP contribution is -2.34. The largest absolute Gasteiger partial charge is 0.381 e. The van der Waals surface area contributed by atoms with Crippen LogP contribution in [0, 0.1) is 11.3 Å². The predicted octanol–water partition coefficient (Wildman–Crippen LogP) is 2.19. The molecule has 2 nitrogen and oxygen atoms in total. The van der Waals surface area contributed by atoms with Gasteiger partial charge in [0.15, 0.2) is 0 Å². The van der Waals surface area contributed by atoms with E-state index in [9.17, 15) is 0 Å². The van der Waals surface area contributed by atoms with Crippen LogP contribution in [0.2, 0.25) is 0 Å². The van der Waals surface area contributed by atoms with Crippen LogP contribution in [0.3, 0.4) is 0 Å². The first-order valence-electron chi connectivity index (χ1n) is 6.16. The molecule has 1 atom stereocenters. The monoisotopic (exact) mass is 197 g/mol. The zero-order chi connectivity index (χ0) is 9.86. The van der Waals surface area contributed by atoms with Crippen LogP contribution in [-0.2, 0) is 4.74 Å². The maximum atomic E-state index is 5.60. The summed E-state index contributed by atoms with van der Waals surface area (Å²) in [5.41, 5.74) is 0.605. The van der Waals surface area contributed by atoms with Crippen LogP contribution in [0.15, 0.2) is 0 Å². The van der Waals surface area contributed by atoms with Gasteiger partial charge in [0.2, 0.25) is 0 Å². The molecule has 2 heteroatoms. The Labute approximate surface area is 87.4 Å². The molecular formula is C12H23NO. The minimum Gasteiger partial charge on any atom is -0.381 e. The first kappa shape index (κ1) is 10.4. The molecule has 1 heterocycles. The molecule has 1 unspecified atom stereocenters. The van der Waals surface area contributed by atoms with Crippen LogP contribution in [0.25, 0.3) is 0 Å². The van der Waals surface area contributed by atoms with Gasteiger partial charge < -0.3 is 10.1 Å². The van der Waals surface area contributed by atoms with Crippen molar-refractivity contribution >= 4 is 0 Å². The average molecular weight is 197 g/mol. The van der Waals surface area contributed by atoms with Crippen LogP contribution >= 0.6 is 0 Å². The fourth-order valence-corrected chi connectivity index (χ4v) is 3.19. The van der Waals surface area contributed by atoms with Crippen molar-refractivity contribution in [2.45, 2.75) is 39.0 Å². The lowest BCUT2D eigenvalue weighted by atomic mass is 9.68. The molecule has 1 spiro atoms. The first-order valence-corrected chi connectivity index (χ1v) is 6.16. The fourth-order valence-electron chi connectivity index (χ4n) is 3.19. The Morgan fingerprint density at radius 1 is 1.29 bits per heavy atom. The van der Waals surface area contributed by atoms with Crippen molar-refractivity contribution in [3.63, 3.8) is 0 Å². The van der Waals surface area contributed by atoms with E-state index in [0.717, 1.165) is 19.1 Å². The molecule has 0 aromatic heterocycles. The van der Waals surface area contributed by atoms with Gasteiger partial charge in [-0.15, -0.1) is 0 Å². The van der Waals surface area contributed by atoms with Crippen LogP contribution in [0.1, 0.15) is 39.0 Å². The average Bonchev–Trinajstić information content (AvgIpc) is 2.59. The Bertz CT molecular complexity index is 175. The van der Waals surface area contributed by atoms with Crippen molar-refractivity contribution < 1.29 is 4.74 Å². The van der Waals surface area contributed by atoms with Crippen molar-refractivity contribution in [1.29, 1.82) is 0 Å². The van der Waals surface area contributed by atoms with Crippen LogP contribution in [-0.4, -0.2) is 26.3 Å². The fraction of sp³-hybridized carbons (Fsp3) is 1.00. The van der Waals surface area contributed by atoms with Gasteiger partial charge in [0.25, 0.3) is 0 Å². The van der Waals surface area contributed by atoms with Crippen molar-refractivity contribution in [2.75, 3.05) is 26.3 Å². The van der Waals surface area contributed by atoms with Gasteiger partial charge >= 0.3 is 0 Å². The SMILES string of the molecule is CCOCC1CNCC12CCCCC2. The molecule has 1 aliphatic heterocycles. The molecule has 2 fully saturated rings. The highest BCUT2D eigenvalue weighted by atomic mass is 16.5. The molecule has 0 aromatic carbocycles. The molecule has 1 aliphatic carbocycles. The zero-order valence-corrected chi connectivity index (χ0v) is 9.35. The number of rotatable bonds is 3. The summed E-state index contributed by atoms with van der Waals surface area (Å²) in [5.74, 6) is 0.780. The molecule has 0 aromatic rings. The van der Waals surface area contributed by atoms with Gasteiger partial charge in [-0.2, -0.15) is 0 Å². The Kier molecular flexibility index (Phi) is 3.45. The molecule has 14 heavy (non-hydrogen) atoms. The number of nitrogens with one attached hydrogen (secondary N) is 1. The third-order valence-electron chi connectivity index (χ3n) is 4.11. The van der Waals surface area contributed by atoms with E-state index in [1.54, 1.807) is 0 Å². The Hall–Kier alpha value is -0.0800. The first-order chi connectivity index (χ1) is 6.87. The van der Waals surface area contributed by atoms with E-state index in [1.165, 1.54) is 45.2 Å². The highest BCUT2D eigenvalue weighted by molar-refractivity contribution is 4.96. The molecule has 0 radical (unpaired) electrons. The van der Waals surface area contributed by atoms with Gasteiger partial charge in [-0.25, -0.2) is 0 Å². The standard InChI is InChI=1S/C12H23NO/c1-2-14-9-11-8-13-10-12(11)6-4-3-5-7-12/h11,13H,2-10H2,1H3. The maximum absolute atomic E-state index is 5.60.